The molecule has 3 heteroatoms. The standard InChI is InChI=1S/C20H25NO2/c1-14(2)13-23-19-12-8-6-10-17(19)20(22)21-18-11-7-5-9-16(18)15(3)4/h5-12,14-15H,13H2,1-4H3,(H,21,22). The van der Waals surface area contributed by atoms with Crippen LogP contribution in [0.15, 0.2) is 48.5 Å². The number of amides is 1. The van der Waals surface area contributed by atoms with Crippen molar-refractivity contribution >= 4 is 11.6 Å². The summed E-state index contributed by atoms with van der Waals surface area (Å²) in [6.07, 6.45) is 0. The number of carbonyl (C=O) groups excluding carboxylic acids is 1. The molecule has 0 aliphatic carbocycles. The maximum absolute atomic E-state index is 12.7. The quantitative estimate of drug-likeness (QED) is 0.806. The Bertz CT molecular complexity index is 662. The van der Waals surface area contributed by atoms with Crippen LogP contribution in [0.5, 0.6) is 5.75 Å². The van der Waals surface area contributed by atoms with Crippen molar-refractivity contribution in [2.45, 2.75) is 33.6 Å². The predicted octanol–water partition coefficient (Wildman–Crippen LogP) is 5.10. The Balaban J connectivity index is 2.22. The van der Waals surface area contributed by atoms with Gasteiger partial charge in [-0.1, -0.05) is 58.0 Å². The first kappa shape index (κ1) is 17.1. The highest BCUT2D eigenvalue weighted by atomic mass is 16.5. The summed E-state index contributed by atoms with van der Waals surface area (Å²) in [6, 6.07) is 15.3. The van der Waals surface area contributed by atoms with E-state index >= 15 is 0 Å². The molecule has 1 amide bonds. The third kappa shape index (κ3) is 4.59. The molecule has 0 saturated carbocycles. The molecule has 0 bridgehead atoms. The van der Waals surface area contributed by atoms with Crippen molar-refractivity contribution in [3.05, 3.63) is 59.7 Å². The average Bonchev–Trinajstić information content (AvgIpc) is 2.53. The topological polar surface area (TPSA) is 38.3 Å². The molecule has 0 spiro atoms. The Hall–Kier alpha value is -2.29. The smallest absolute Gasteiger partial charge is 0.259 e. The summed E-state index contributed by atoms with van der Waals surface area (Å²) in [5, 5.41) is 3.02. The van der Waals surface area contributed by atoms with Gasteiger partial charge in [-0.2, -0.15) is 0 Å². The number of ether oxygens (including phenoxy) is 1. The van der Waals surface area contributed by atoms with Gasteiger partial charge in [0.15, 0.2) is 0 Å². The van der Waals surface area contributed by atoms with Gasteiger partial charge in [0, 0.05) is 5.69 Å². The Labute approximate surface area is 138 Å². The van der Waals surface area contributed by atoms with Crippen molar-refractivity contribution in [3.8, 4) is 5.75 Å². The van der Waals surface area contributed by atoms with E-state index in [0.717, 1.165) is 11.3 Å². The molecule has 0 aliphatic heterocycles. The number of carbonyl (C=O) groups is 1. The maximum atomic E-state index is 12.7. The summed E-state index contributed by atoms with van der Waals surface area (Å²) in [5.41, 5.74) is 2.54. The van der Waals surface area contributed by atoms with Crippen LogP contribution in [0.4, 0.5) is 5.69 Å². The summed E-state index contributed by atoms with van der Waals surface area (Å²) in [7, 11) is 0. The van der Waals surface area contributed by atoms with Crippen LogP contribution in [0.3, 0.4) is 0 Å². The van der Waals surface area contributed by atoms with E-state index < -0.39 is 0 Å². The molecule has 3 nitrogen and oxygen atoms in total. The molecule has 0 aliphatic rings. The molecule has 0 atom stereocenters. The van der Waals surface area contributed by atoms with Gasteiger partial charge in [0.2, 0.25) is 0 Å². The molecule has 0 aromatic heterocycles. The highest BCUT2D eigenvalue weighted by Crippen LogP contribution is 2.26. The van der Waals surface area contributed by atoms with Crippen LogP contribution < -0.4 is 10.1 Å². The lowest BCUT2D eigenvalue weighted by atomic mass is 10.0. The third-order valence-corrected chi connectivity index (χ3v) is 3.53. The van der Waals surface area contributed by atoms with Crippen LogP contribution in [0.1, 0.15) is 49.5 Å². The highest BCUT2D eigenvalue weighted by molar-refractivity contribution is 6.06. The van der Waals surface area contributed by atoms with E-state index in [2.05, 4.69) is 33.0 Å². The fraction of sp³-hybridized carbons (Fsp3) is 0.350. The van der Waals surface area contributed by atoms with Gasteiger partial charge in [-0.25, -0.2) is 0 Å². The van der Waals surface area contributed by atoms with Crippen molar-refractivity contribution < 1.29 is 9.53 Å². The zero-order valence-corrected chi connectivity index (χ0v) is 14.3. The van der Waals surface area contributed by atoms with Gasteiger partial charge >= 0.3 is 0 Å². The summed E-state index contributed by atoms with van der Waals surface area (Å²) >= 11 is 0. The van der Waals surface area contributed by atoms with Crippen LogP contribution in [0.25, 0.3) is 0 Å². The number of hydrogen-bond acceptors (Lipinski definition) is 2. The fourth-order valence-electron chi connectivity index (χ4n) is 2.34. The molecular formula is C20H25NO2. The van der Waals surface area contributed by atoms with E-state index in [1.807, 2.05) is 42.5 Å². The van der Waals surface area contributed by atoms with Crippen molar-refractivity contribution in [1.29, 1.82) is 0 Å². The van der Waals surface area contributed by atoms with Crippen molar-refractivity contribution in [1.82, 2.24) is 0 Å². The number of hydrogen-bond donors (Lipinski definition) is 1. The Morgan fingerprint density at radius 3 is 2.35 bits per heavy atom. The van der Waals surface area contributed by atoms with Crippen LogP contribution in [0, 0.1) is 5.92 Å². The summed E-state index contributed by atoms with van der Waals surface area (Å²) in [4.78, 5) is 12.7. The van der Waals surface area contributed by atoms with Gasteiger partial charge in [0.1, 0.15) is 5.75 Å². The first-order valence-electron chi connectivity index (χ1n) is 8.11. The zero-order valence-electron chi connectivity index (χ0n) is 14.3. The Morgan fingerprint density at radius 1 is 1.00 bits per heavy atom. The monoisotopic (exact) mass is 311 g/mol. The van der Waals surface area contributed by atoms with Gasteiger partial charge in [0.05, 0.1) is 12.2 Å². The number of nitrogens with one attached hydrogen (secondary N) is 1. The molecule has 23 heavy (non-hydrogen) atoms. The zero-order chi connectivity index (χ0) is 16.8. The minimum Gasteiger partial charge on any atom is -0.492 e. The summed E-state index contributed by atoms with van der Waals surface area (Å²) < 4.78 is 5.77. The maximum Gasteiger partial charge on any atom is 0.259 e. The van der Waals surface area contributed by atoms with E-state index in [1.165, 1.54) is 0 Å². The fourth-order valence-corrected chi connectivity index (χ4v) is 2.34. The van der Waals surface area contributed by atoms with E-state index in [0.29, 0.717) is 29.8 Å². The van der Waals surface area contributed by atoms with Crippen molar-refractivity contribution in [2.24, 2.45) is 5.92 Å². The van der Waals surface area contributed by atoms with Gasteiger partial charge in [0.25, 0.3) is 5.91 Å². The molecule has 0 saturated heterocycles. The number of anilines is 1. The Morgan fingerprint density at radius 2 is 1.65 bits per heavy atom. The van der Waals surface area contributed by atoms with Gasteiger partial charge in [-0.05, 0) is 35.6 Å². The Kier molecular flexibility index (Phi) is 5.80. The second-order valence-corrected chi connectivity index (χ2v) is 6.40. The predicted molar refractivity (Wildman–Crippen MR) is 95.3 cm³/mol. The first-order valence-corrected chi connectivity index (χ1v) is 8.11. The average molecular weight is 311 g/mol. The van der Waals surface area contributed by atoms with E-state index in [4.69, 9.17) is 4.74 Å². The van der Waals surface area contributed by atoms with Gasteiger partial charge < -0.3 is 10.1 Å². The van der Waals surface area contributed by atoms with Crippen LogP contribution in [-0.2, 0) is 0 Å². The molecule has 2 rings (SSSR count). The number of rotatable bonds is 6. The lowest BCUT2D eigenvalue weighted by Crippen LogP contribution is -2.16. The van der Waals surface area contributed by atoms with E-state index in [9.17, 15) is 4.79 Å². The van der Waals surface area contributed by atoms with Crippen molar-refractivity contribution in [2.75, 3.05) is 11.9 Å². The van der Waals surface area contributed by atoms with Gasteiger partial charge in [-0.15, -0.1) is 0 Å². The lowest BCUT2D eigenvalue weighted by Gasteiger charge is -2.16. The SMILES string of the molecule is CC(C)COc1ccccc1C(=O)Nc1ccccc1C(C)C. The van der Waals surface area contributed by atoms with E-state index in [1.54, 1.807) is 6.07 Å². The number of benzene rings is 2. The van der Waals surface area contributed by atoms with Crippen LogP contribution in [-0.4, -0.2) is 12.5 Å². The lowest BCUT2D eigenvalue weighted by molar-refractivity contribution is 0.102. The van der Waals surface area contributed by atoms with Crippen molar-refractivity contribution in [3.63, 3.8) is 0 Å². The minimum atomic E-state index is -0.141. The summed E-state index contributed by atoms with van der Waals surface area (Å²) in [5.74, 6) is 1.24. The summed E-state index contributed by atoms with van der Waals surface area (Å²) in [6.45, 7) is 8.99. The molecular weight excluding hydrogens is 286 g/mol. The van der Waals surface area contributed by atoms with E-state index in [-0.39, 0.29) is 5.91 Å². The minimum absolute atomic E-state index is 0.141. The second kappa shape index (κ2) is 7.82. The number of para-hydroxylation sites is 2. The molecule has 0 heterocycles. The van der Waals surface area contributed by atoms with Crippen LogP contribution in [0.2, 0.25) is 0 Å². The normalized spacial score (nSPS) is 10.9. The molecule has 2 aromatic rings. The molecule has 0 radical (unpaired) electrons. The highest BCUT2D eigenvalue weighted by Gasteiger charge is 2.15. The first-order chi connectivity index (χ1) is 11.0. The molecule has 2 aromatic carbocycles. The molecule has 0 unspecified atom stereocenters. The molecule has 0 fully saturated rings. The largest absolute Gasteiger partial charge is 0.492 e. The second-order valence-electron chi connectivity index (χ2n) is 6.40. The van der Waals surface area contributed by atoms with Crippen LogP contribution >= 0.6 is 0 Å². The molecule has 122 valence electrons. The molecule has 1 N–H and O–H groups in total. The van der Waals surface area contributed by atoms with Gasteiger partial charge in [-0.3, -0.25) is 4.79 Å². The third-order valence-electron chi connectivity index (χ3n) is 3.53.